The first-order valence-corrected chi connectivity index (χ1v) is 9.92. The molecule has 130 valence electrons. The van der Waals surface area contributed by atoms with Crippen LogP contribution >= 0.6 is 0 Å². The summed E-state index contributed by atoms with van der Waals surface area (Å²) in [6.07, 6.45) is 8.93. The molecule has 3 aliphatic rings. The van der Waals surface area contributed by atoms with E-state index in [0.29, 0.717) is 17.6 Å². The molecule has 3 aliphatic carbocycles. The molecule has 0 amide bonds. The first-order valence-electron chi connectivity index (χ1n) is 9.92. The van der Waals surface area contributed by atoms with Gasteiger partial charge >= 0.3 is 0 Å². The monoisotopic (exact) mass is 326 g/mol. The number of rotatable bonds is 4. The fraction of sp³-hybridized carbons (Fsp3) is 0.682. The first kappa shape index (κ1) is 16.2. The number of ketones is 1. The standard InChI is InChI=1S/C22H30O2/c1-3-4-13-24-16-6-8-17-15(14-16)5-7-19-18(17)11-12-22(2)20(19)9-10-21(22)23/h6,8,14,18-20H,3-5,7,9-13H2,1-2H3/t18-,19-,20+,22+/m1/s1. The van der Waals surface area contributed by atoms with Gasteiger partial charge in [-0.1, -0.05) is 26.3 Å². The fourth-order valence-corrected chi connectivity index (χ4v) is 5.75. The van der Waals surface area contributed by atoms with Crippen LogP contribution in [0.2, 0.25) is 0 Å². The summed E-state index contributed by atoms with van der Waals surface area (Å²) in [7, 11) is 0. The topological polar surface area (TPSA) is 26.3 Å². The predicted octanol–water partition coefficient (Wildman–Crippen LogP) is 5.29. The first-order chi connectivity index (χ1) is 11.6. The average Bonchev–Trinajstić information content (AvgIpc) is 2.90. The number of Topliss-reactive ketones (excluding diaryl/α,β-unsaturated/α-hetero) is 1. The minimum Gasteiger partial charge on any atom is -0.494 e. The van der Waals surface area contributed by atoms with E-state index in [1.807, 2.05) is 0 Å². The quantitative estimate of drug-likeness (QED) is 0.703. The normalized spacial score (nSPS) is 34.4. The molecule has 2 saturated carbocycles. The fourth-order valence-electron chi connectivity index (χ4n) is 5.75. The van der Waals surface area contributed by atoms with Crippen LogP contribution in [0.25, 0.3) is 0 Å². The van der Waals surface area contributed by atoms with Gasteiger partial charge in [-0.3, -0.25) is 4.79 Å². The van der Waals surface area contributed by atoms with Gasteiger partial charge in [0, 0.05) is 11.8 Å². The zero-order chi connectivity index (χ0) is 16.7. The molecule has 0 spiro atoms. The Labute approximate surface area is 146 Å². The molecule has 2 heteroatoms. The van der Waals surface area contributed by atoms with Crippen molar-refractivity contribution in [3.63, 3.8) is 0 Å². The molecule has 0 radical (unpaired) electrons. The summed E-state index contributed by atoms with van der Waals surface area (Å²) in [6.45, 7) is 5.27. The van der Waals surface area contributed by atoms with E-state index in [2.05, 4.69) is 32.0 Å². The molecule has 4 atom stereocenters. The van der Waals surface area contributed by atoms with E-state index in [1.54, 1.807) is 5.56 Å². The van der Waals surface area contributed by atoms with Crippen LogP contribution in [0.4, 0.5) is 0 Å². The van der Waals surface area contributed by atoms with Gasteiger partial charge in [-0.2, -0.15) is 0 Å². The Morgan fingerprint density at radius 1 is 1.21 bits per heavy atom. The molecule has 0 saturated heterocycles. The van der Waals surface area contributed by atoms with E-state index in [-0.39, 0.29) is 5.41 Å². The lowest BCUT2D eigenvalue weighted by Crippen LogP contribution is -2.42. The Morgan fingerprint density at radius 3 is 2.92 bits per heavy atom. The number of hydrogen-bond donors (Lipinski definition) is 0. The third-order valence-corrected chi connectivity index (χ3v) is 7.17. The van der Waals surface area contributed by atoms with Gasteiger partial charge in [-0.25, -0.2) is 0 Å². The van der Waals surface area contributed by atoms with Crippen LogP contribution in [0.5, 0.6) is 5.75 Å². The maximum atomic E-state index is 12.4. The Kier molecular flexibility index (Phi) is 4.18. The van der Waals surface area contributed by atoms with E-state index >= 15 is 0 Å². The molecule has 0 aromatic heterocycles. The van der Waals surface area contributed by atoms with Gasteiger partial charge in [0.25, 0.3) is 0 Å². The number of unbranched alkanes of at least 4 members (excludes halogenated alkanes) is 1. The summed E-state index contributed by atoms with van der Waals surface area (Å²) in [6, 6.07) is 6.78. The molecule has 0 unspecified atom stereocenters. The van der Waals surface area contributed by atoms with Crippen molar-refractivity contribution in [3.05, 3.63) is 29.3 Å². The maximum absolute atomic E-state index is 12.4. The maximum Gasteiger partial charge on any atom is 0.139 e. The van der Waals surface area contributed by atoms with Crippen molar-refractivity contribution in [2.45, 2.75) is 71.1 Å². The molecule has 0 N–H and O–H groups in total. The molecule has 2 nitrogen and oxygen atoms in total. The van der Waals surface area contributed by atoms with Crippen molar-refractivity contribution in [1.29, 1.82) is 0 Å². The molecule has 0 heterocycles. The molecular formula is C22H30O2. The van der Waals surface area contributed by atoms with Crippen molar-refractivity contribution in [3.8, 4) is 5.75 Å². The number of aryl methyl sites for hydroxylation is 1. The van der Waals surface area contributed by atoms with E-state index in [9.17, 15) is 4.79 Å². The number of fused-ring (bicyclic) bond motifs is 5. The third-order valence-electron chi connectivity index (χ3n) is 7.17. The van der Waals surface area contributed by atoms with Crippen molar-refractivity contribution in [2.75, 3.05) is 6.61 Å². The van der Waals surface area contributed by atoms with Crippen LogP contribution in [-0.2, 0) is 11.2 Å². The van der Waals surface area contributed by atoms with Crippen LogP contribution in [0.1, 0.15) is 75.8 Å². The van der Waals surface area contributed by atoms with Gasteiger partial charge in [0.2, 0.25) is 0 Å². The smallest absolute Gasteiger partial charge is 0.139 e. The molecule has 1 aromatic carbocycles. The molecule has 1 aromatic rings. The zero-order valence-electron chi connectivity index (χ0n) is 15.1. The highest BCUT2D eigenvalue weighted by atomic mass is 16.5. The van der Waals surface area contributed by atoms with E-state index < -0.39 is 0 Å². The second-order valence-electron chi connectivity index (χ2n) is 8.40. The lowest BCUT2D eigenvalue weighted by Gasteiger charge is -2.48. The van der Waals surface area contributed by atoms with E-state index in [1.165, 1.54) is 24.8 Å². The Morgan fingerprint density at radius 2 is 2.08 bits per heavy atom. The summed E-state index contributed by atoms with van der Waals surface area (Å²) in [5, 5.41) is 0. The van der Waals surface area contributed by atoms with Gasteiger partial charge in [-0.15, -0.1) is 0 Å². The van der Waals surface area contributed by atoms with Crippen LogP contribution in [0.15, 0.2) is 18.2 Å². The molecule has 2 fully saturated rings. The SMILES string of the molecule is CCCCOc1ccc2c(c1)CC[C@@H]1[C@@H]2CC[C@]2(C)C(=O)CC[C@@H]12. The largest absolute Gasteiger partial charge is 0.494 e. The highest BCUT2D eigenvalue weighted by Gasteiger charge is 2.54. The second kappa shape index (κ2) is 6.20. The number of ether oxygens (including phenoxy) is 1. The summed E-state index contributed by atoms with van der Waals surface area (Å²) in [5.41, 5.74) is 3.04. The summed E-state index contributed by atoms with van der Waals surface area (Å²) >= 11 is 0. The van der Waals surface area contributed by atoms with Crippen LogP contribution in [0.3, 0.4) is 0 Å². The Balaban J connectivity index is 1.56. The number of benzene rings is 1. The second-order valence-corrected chi connectivity index (χ2v) is 8.40. The average molecular weight is 326 g/mol. The van der Waals surface area contributed by atoms with Gasteiger partial charge in [-0.05, 0) is 79.5 Å². The van der Waals surface area contributed by atoms with Crippen molar-refractivity contribution in [1.82, 2.24) is 0 Å². The lowest BCUT2D eigenvalue weighted by molar-refractivity contribution is -0.129. The van der Waals surface area contributed by atoms with Crippen molar-refractivity contribution < 1.29 is 9.53 Å². The lowest BCUT2D eigenvalue weighted by atomic mass is 9.55. The number of carbonyl (C=O) groups excluding carboxylic acids is 1. The predicted molar refractivity (Wildman–Crippen MR) is 96.5 cm³/mol. The summed E-state index contributed by atoms with van der Waals surface area (Å²) in [4.78, 5) is 12.4. The van der Waals surface area contributed by atoms with Gasteiger partial charge in [0.05, 0.1) is 6.61 Å². The Hall–Kier alpha value is -1.31. The highest BCUT2D eigenvalue weighted by Crippen LogP contribution is 2.59. The molecule has 4 rings (SSSR count). The van der Waals surface area contributed by atoms with E-state index in [4.69, 9.17) is 4.74 Å². The number of carbonyl (C=O) groups is 1. The highest BCUT2D eigenvalue weighted by molar-refractivity contribution is 5.87. The zero-order valence-corrected chi connectivity index (χ0v) is 15.1. The minimum absolute atomic E-state index is 0.0120. The molecule has 0 aliphatic heterocycles. The summed E-state index contributed by atoms with van der Waals surface area (Å²) in [5.74, 6) is 3.59. The van der Waals surface area contributed by atoms with Crippen LogP contribution in [-0.4, -0.2) is 12.4 Å². The number of hydrogen-bond acceptors (Lipinski definition) is 2. The van der Waals surface area contributed by atoms with Crippen LogP contribution in [0, 0.1) is 17.3 Å². The minimum atomic E-state index is -0.0120. The van der Waals surface area contributed by atoms with Gasteiger partial charge in [0.15, 0.2) is 0 Å². The molecule has 24 heavy (non-hydrogen) atoms. The van der Waals surface area contributed by atoms with Gasteiger partial charge in [0.1, 0.15) is 11.5 Å². The van der Waals surface area contributed by atoms with Crippen molar-refractivity contribution >= 4 is 5.78 Å². The van der Waals surface area contributed by atoms with Crippen molar-refractivity contribution in [2.24, 2.45) is 17.3 Å². The van der Waals surface area contributed by atoms with Gasteiger partial charge < -0.3 is 4.74 Å². The molecule has 0 bridgehead atoms. The third kappa shape index (κ3) is 2.50. The van der Waals surface area contributed by atoms with E-state index in [0.717, 1.165) is 50.4 Å². The Bertz CT molecular complexity index is 635. The van der Waals surface area contributed by atoms with Crippen LogP contribution < -0.4 is 4.74 Å². The molecular weight excluding hydrogens is 296 g/mol. The summed E-state index contributed by atoms with van der Waals surface area (Å²) < 4.78 is 5.90.